The molecule has 0 unspecified atom stereocenters. The molecule has 0 atom stereocenters. The van der Waals surface area contributed by atoms with E-state index < -0.39 is 11.8 Å². The Morgan fingerprint density at radius 3 is 2.34 bits per heavy atom. The molecule has 0 radical (unpaired) electrons. The zero-order valence-electron chi connectivity index (χ0n) is 19.0. The first-order valence-corrected chi connectivity index (χ1v) is 10.9. The fraction of sp³-hybridized carbons (Fsp3) is 0.0714. The minimum absolute atomic E-state index is 0.406. The molecule has 0 aliphatic heterocycles. The molecule has 0 bridgehead atoms. The standard InChI is InChI=1S/C28H22N4O3/c1-19(31-32-28(34)27(33)30-24-13-9-20(17-29)10-14-24)21-11-15-25(16-12-21)35-18-23-7-4-6-22-5-2-3-8-26(22)23/h2-16H,18H2,1H3,(H,30,33)(H,32,34)/b31-19+. The third kappa shape index (κ3) is 5.89. The van der Waals surface area contributed by atoms with E-state index in [0.717, 1.165) is 16.5 Å². The predicted molar refractivity (Wildman–Crippen MR) is 135 cm³/mol. The number of rotatable bonds is 6. The highest BCUT2D eigenvalue weighted by atomic mass is 16.5. The summed E-state index contributed by atoms with van der Waals surface area (Å²) in [6, 6.07) is 29.8. The van der Waals surface area contributed by atoms with Gasteiger partial charge in [0.1, 0.15) is 12.4 Å². The van der Waals surface area contributed by atoms with Crippen LogP contribution in [0.25, 0.3) is 10.8 Å². The van der Waals surface area contributed by atoms with Crippen LogP contribution < -0.4 is 15.5 Å². The van der Waals surface area contributed by atoms with Crippen LogP contribution in [0.3, 0.4) is 0 Å². The smallest absolute Gasteiger partial charge is 0.329 e. The van der Waals surface area contributed by atoms with E-state index in [9.17, 15) is 9.59 Å². The fourth-order valence-corrected chi connectivity index (χ4v) is 3.44. The van der Waals surface area contributed by atoms with Gasteiger partial charge in [-0.15, -0.1) is 0 Å². The number of nitrogens with zero attached hydrogens (tertiary/aromatic N) is 2. The Hall–Kier alpha value is -4.96. The third-order valence-electron chi connectivity index (χ3n) is 5.35. The van der Waals surface area contributed by atoms with Gasteiger partial charge in [0, 0.05) is 5.69 Å². The number of nitriles is 1. The van der Waals surface area contributed by atoms with Crippen molar-refractivity contribution in [3.8, 4) is 11.8 Å². The van der Waals surface area contributed by atoms with Crippen molar-refractivity contribution < 1.29 is 14.3 Å². The monoisotopic (exact) mass is 462 g/mol. The third-order valence-corrected chi connectivity index (χ3v) is 5.35. The first-order chi connectivity index (χ1) is 17.0. The summed E-state index contributed by atoms with van der Waals surface area (Å²) < 4.78 is 5.96. The summed E-state index contributed by atoms with van der Waals surface area (Å²) in [5.41, 5.74) is 5.53. The van der Waals surface area contributed by atoms with E-state index in [-0.39, 0.29) is 0 Å². The summed E-state index contributed by atoms with van der Waals surface area (Å²) in [6.45, 7) is 2.17. The number of hydrogen-bond acceptors (Lipinski definition) is 5. The average Bonchev–Trinajstić information content (AvgIpc) is 2.91. The number of ether oxygens (including phenoxy) is 1. The van der Waals surface area contributed by atoms with Crippen molar-refractivity contribution >= 4 is 34.0 Å². The normalized spacial score (nSPS) is 10.9. The van der Waals surface area contributed by atoms with Crippen LogP contribution in [-0.4, -0.2) is 17.5 Å². The van der Waals surface area contributed by atoms with Gasteiger partial charge in [0.25, 0.3) is 0 Å². The van der Waals surface area contributed by atoms with Crippen LogP contribution in [0.5, 0.6) is 5.75 Å². The Kier molecular flexibility index (Phi) is 7.14. The zero-order valence-corrected chi connectivity index (χ0v) is 19.0. The Bertz CT molecular complexity index is 1430. The summed E-state index contributed by atoms with van der Waals surface area (Å²) in [5, 5.41) is 17.6. The maximum Gasteiger partial charge on any atom is 0.329 e. The Balaban J connectivity index is 1.32. The van der Waals surface area contributed by atoms with Crippen molar-refractivity contribution in [2.75, 3.05) is 5.32 Å². The molecular weight excluding hydrogens is 440 g/mol. The van der Waals surface area contributed by atoms with Crippen LogP contribution in [0.2, 0.25) is 0 Å². The molecule has 4 rings (SSSR count). The second-order valence-electron chi connectivity index (χ2n) is 7.73. The lowest BCUT2D eigenvalue weighted by Gasteiger charge is -2.10. The molecule has 7 nitrogen and oxygen atoms in total. The van der Waals surface area contributed by atoms with Gasteiger partial charge in [0.2, 0.25) is 0 Å². The average molecular weight is 463 g/mol. The van der Waals surface area contributed by atoms with Crippen LogP contribution in [0, 0.1) is 11.3 Å². The first-order valence-electron chi connectivity index (χ1n) is 10.9. The van der Waals surface area contributed by atoms with E-state index in [1.54, 1.807) is 31.2 Å². The Labute approximate surface area is 202 Å². The molecule has 4 aromatic carbocycles. The molecule has 172 valence electrons. The van der Waals surface area contributed by atoms with Gasteiger partial charge < -0.3 is 10.1 Å². The number of fused-ring (bicyclic) bond motifs is 1. The SMILES string of the molecule is C/C(=N\NC(=O)C(=O)Nc1ccc(C#N)cc1)c1ccc(OCc2cccc3ccccc23)cc1. The van der Waals surface area contributed by atoms with Gasteiger partial charge in [-0.05, 0) is 77.4 Å². The van der Waals surface area contributed by atoms with Crippen molar-refractivity contribution in [1.82, 2.24) is 5.43 Å². The van der Waals surface area contributed by atoms with E-state index in [4.69, 9.17) is 10.00 Å². The minimum atomic E-state index is -0.899. The molecule has 35 heavy (non-hydrogen) atoms. The molecule has 0 aliphatic rings. The number of benzene rings is 4. The largest absolute Gasteiger partial charge is 0.489 e. The molecule has 0 fully saturated rings. The lowest BCUT2D eigenvalue weighted by Crippen LogP contribution is -2.32. The molecule has 2 N–H and O–H groups in total. The van der Waals surface area contributed by atoms with E-state index in [0.29, 0.717) is 29.3 Å². The molecule has 0 spiro atoms. The minimum Gasteiger partial charge on any atom is -0.489 e. The number of anilines is 1. The van der Waals surface area contributed by atoms with Gasteiger partial charge in [-0.2, -0.15) is 10.4 Å². The van der Waals surface area contributed by atoms with Gasteiger partial charge in [0.15, 0.2) is 0 Å². The zero-order chi connectivity index (χ0) is 24.6. The van der Waals surface area contributed by atoms with Crippen molar-refractivity contribution in [3.63, 3.8) is 0 Å². The molecule has 7 heteroatoms. The van der Waals surface area contributed by atoms with Crippen LogP contribution in [0.1, 0.15) is 23.6 Å². The molecular formula is C28H22N4O3. The van der Waals surface area contributed by atoms with Gasteiger partial charge in [0.05, 0.1) is 17.3 Å². The van der Waals surface area contributed by atoms with Gasteiger partial charge >= 0.3 is 11.8 Å². The number of carbonyl (C=O) groups is 2. The number of nitrogens with one attached hydrogen (secondary N) is 2. The number of hydrazone groups is 1. The Morgan fingerprint density at radius 1 is 0.886 bits per heavy atom. The first kappa shape index (κ1) is 23.2. The van der Waals surface area contributed by atoms with E-state index in [1.165, 1.54) is 5.39 Å². The molecule has 2 amide bonds. The summed E-state index contributed by atoms with van der Waals surface area (Å²) in [6.07, 6.45) is 0. The Morgan fingerprint density at radius 2 is 1.60 bits per heavy atom. The highest BCUT2D eigenvalue weighted by Gasteiger charge is 2.13. The second kappa shape index (κ2) is 10.8. The quantitative estimate of drug-likeness (QED) is 0.245. The van der Waals surface area contributed by atoms with Crippen molar-refractivity contribution in [2.24, 2.45) is 5.10 Å². The predicted octanol–water partition coefficient (Wildman–Crippen LogP) is 4.77. The van der Waals surface area contributed by atoms with E-state index >= 15 is 0 Å². The lowest BCUT2D eigenvalue weighted by atomic mass is 10.1. The van der Waals surface area contributed by atoms with Crippen LogP contribution in [0.15, 0.2) is 96.1 Å². The van der Waals surface area contributed by atoms with Crippen LogP contribution in [0.4, 0.5) is 5.69 Å². The van der Waals surface area contributed by atoms with Crippen molar-refractivity contribution in [2.45, 2.75) is 13.5 Å². The molecule has 0 saturated heterocycles. The lowest BCUT2D eigenvalue weighted by molar-refractivity contribution is -0.136. The summed E-state index contributed by atoms with van der Waals surface area (Å²) in [5.74, 6) is -1.05. The summed E-state index contributed by atoms with van der Waals surface area (Å²) in [4.78, 5) is 24.1. The highest BCUT2D eigenvalue weighted by molar-refractivity contribution is 6.39. The maximum absolute atomic E-state index is 12.1. The van der Waals surface area contributed by atoms with Crippen molar-refractivity contribution in [3.05, 3.63) is 108 Å². The fourth-order valence-electron chi connectivity index (χ4n) is 3.44. The maximum atomic E-state index is 12.1. The number of carbonyl (C=O) groups excluding carboxylic acids is 2. The number of amides is 2. The van der Waals surface area contributed by atoms with E-state index in [1.807, 2.05) is 54.6 Å². The van der Waals surface area contributed by atoms with Crippen molar-refractivity contribution in [1.29, 1.82) is 5.26 Å². The molecule has 0 saturated carbocycles. The van der Waals surface area contributed by atoms with Crippen LogP contribution in [-0.2, 0) is 16.2 Å². The molecule has 0 heterocycles. The van der Waals surface area contributed by atoms with Gasteiger partial charge in [-0.25, -0.2) is 5.43 Å². The second-order valence-corrected chi connectivity index (χ2v) is 7.73. The van der Waals surface area contributed by atoms with Gasteiger partial charge in [-0.3, -0.25) is 9.59 Å². The van der Waals surface area contributed by atoms with E-state index in [2.05, 4.69) is 34.0 Å². The molecule has 0 aromatic heterocycles. The van der Waals surface area contributed by atoms with Crippen LogP contribution >= 0.6 is 0 Å². The topological polar surface area (TPSA) is 104 Å². The molecule has 0 aliphatic carbocycles. The molecule has 4 aromatic rings. The summed E-state index contributed by atoms with van der Waals surface area (Å²) in [7, 11) is 0. The summed E-state index contributed by atoms with van der Waals surface area (Å²) >= 11 is 0. The number of hydrogen-bond donors (Lipinski definition) is 2. The highest BCUT2D eigenvalue weighted by Crippen LogP contribution is 2.21. The van der Waals surface area contributed by atoms with Gasteiger partial charge in [-0.1, -0.05) is 42.5 Å².